The molecular formula is C14H20N4O2S. The third-order valence-electron chi connectivity index (χ3n) is 3.29. The van der Waals surface area contributed by atoms with E-state index in [4.69, 9.17) is 5.73 Å². The lowest BCUT2D eigenvalue weighted by Crippen LogP contribution is -2.36. The minimum Gasteiger partial charge on any atom is -0.398 e. The van der Waals surface area contributed by atoms with Gasteiger partial charge in [-0.15, -0.1) is 0 Å². The van der Waals surface area contributed by atoms with Crippen LogP contribution < -0.4 is 10.5 Å². The lowest BCUT2D eigenvalue weighted by molar-refractivity contribution is 0.493. The topological polar surface area (TPSA) is 90.0 Å². The first kappa shape index (κ1) is 15.5. The Morgan fingerprint density at radius 2 is 2.10 bits per heavy atom. The van der Waals surface area contributed by atoms with E-state index in [0.29, 0.717) is 23.4 Å². The molecule has 0 bridgehead atoms. The average molecular weight is 308 g/mol. The van der Waals surface area contributed by atoms with E-state index in [0.717, 1.165) is 0 Å². The third kappa shape index (κ3) is 3.43. The van der Waals surface area contributed by atoms with E-state index in [2.05, 4.69) is 9.82 Å². The number of sulfonamides is 1. The molecule has 0 amide bonds. The largest absolute Gasteiger partial charge is 0.398 e. The number of nitrogens with two attached hydrogens (primary N) is 1. The molecule has 0 saturated heterocycles. The predicted molar refractivity (Wildman–Crippen MR) is 82.3 cm³/mol. The molecular weight excluding hydrogens is 288 g/mol. The van der Waals surface area contributed by atoms with E-state index in [1.165, 1.54) is 0 Å². The molecule has 1 unspecified atom stereocenters. The van der Waals surface area contributed by atoms with Crippen molar-refractivity contribution in [1.29, 1.82) is 0 Å². The van der Waals surface area contributed by atoms with Crippen molar-refractivity contribution in [2.75, 3.05) is 5.73 Å². The van der Waals surface area contributed by atoms with Crippen molar-refractivity contribution in [3.63, 3.8) is 0 Å². The number of nitrogens with one attached hydrogen (secondary N) is 1. The summed E-state index contributed by atoms with van der Waals surface area (Å²) in [4.78, 5) is 0.259. The van der Waals surface area contributed by atoms with Crippen LogP contribution in [0.25, 0.3) is 0 Å². The summed E-state index contributed by atoms with van der Waals surface area (Å²) in [6, 6.07) is 4.95. The van der Waals surface area contributed by atoms with Gasteiger partial charge < -0.3 is 5.73 Å². The van der Waals surface area contributed by atoms with Gasteiger partial charge in [0.1, 0.15) is 0 Å². The van der Waals surface area contributed by atoms with Crippen LogP contribution >= 0.6 is 0 Å². The maximum absolute atomic E-state index is 12.6. The average Bonchev–Trinajstić information content (AvgIpc) is 2.85. The molecule has 6 nitrogen and oxygen atoms in total. The van der Waals surface area contributed by atoms with Crippen LogP contribution in [0.1, 0.15) is 18.1 Å². The standard InChI is InChI=1S/C14H20N4O2S/c1-10-5-6-13(15)12(3)14(10)21(19,20)17-11(2)9-18-8-4-7-16-18/h4-8,11,17H,9,15H2,1-3H3. The van der Waals surface area contributed by atoms with Gasteiger partial charge in [0, 0.05) is 24.1 Å². The third-order valence-corrected chi connectivity index (χ3v) is 5.17. The van der Waals surface area contributed by atoms with Crippen molar-refractivity contribution < 1.29 is 8.42 Å². The predicted octanol–water partition coefficient (Wildman–Crippen LogP) is 1.45. The Bertz CT molecular complexity index is 724. The molecule has 1 aromatic carbocycles. The summed E-state index contributed by atoms with van der Waals surface area (Å²) < 4.78 is 29.5. The summed E-state index contributed by atoms with van der Waals surface area (Å²) in [5.41, 5.74) is 7.55. The van der Waals surface area contributed by atoms with E-state index in [1.54, 1.807) is 56.0 Å². The van der Waals surface area contributed by atoms with Crippen molar-refractivity contribution in [3.8, 4) is 0 Å². The second-order valence-corrected chi connectivity index (χ2v) is 6.83. The molecule has 7 heteroatoms. The molecule has 3 N–H and O–H groups in total. The maximum atomic E-state index is 12.6. The molecule has 1 aromatic heterocycles. The highest BCUT2D eigenvalue weighted by molar-refractivity contribution is 7.89. The molecule has 0 fully saturated rings. The zero-order valence-corrected chi connectivity index (χ0v) is 13.2. The molecule has 0 saturated carbocycles. The van der Waals surface area contributed by atoms with Crippen molar-refractivity contribution in [3.05, 3.63) is 41.7 Å². The van der Waals surface area contributed by atoms with Gasteiger partial charge in [0.2, 0.25) is 10.0 Å². The monoisotopic (exact) mass is 308 g/mol. The number of hydrogen-bond donors (Lipinski definition) is 2. The number of aromatic nitrogens is 2. The number of anilines is 1. The van der Waals surface area contributed by atoms with Crippen molar-refractivity contribution >= 4 is 15.7 Å². The molecule has 0 aliphatic carbocycles. The number of rotatable bonds is 5. The molecule has 21 heavy (non-hydrogen) atoms. The molecule has 0 aliphatic heterocycles. The van der Waals surface area contributed by atoms with Gasteiger partial charge in [-0.1, -0.05) is 6.07 Å². The summed E-state index contributed by atoms with van der Waals surface area (Å²) in [5.74, 6) is 0. The number of hydrogen-bond acceptors (Lipinski definition) is 4. The Balaban J connectivity index is 2.25. The van der Waals surface area contributed by atoms with Crippen LogP contribution in [0.2, 0.25) is 0 Å². The number of benzene rings is 1. The van der Waals surface area contributed by atoms with E-state index in [-0.39, 0.29) is 10.9 Å². The summed E-state index contributed by atoms with van der Waals surface area (Å²) in [6.07, 6.45) is 3.45. The van der Waals surface area contributed by atoms with Crippen LogP contribution in [-0.4, -0.2) is 24.2 Å². The fraction of sp³-hybridized carbons (Fsp3) is 0.357. The Labute approximate surface area is 125 Å². The summed E-state index contributed by atoms with van der Waals surface area (Å²) in [5, 5.41) is 4.07. The van der Waals surface area contributed by atoms with Crippen LogP contribution in [-0.2, 0) is 16.6 Å². The highest BCUT2D eigenvalue weighted by atomic mass is 32.2. The van der Waals surface area contributed by atoms with Crippen LogP contribution in [0, 0.1) is 13.8 Å². The Morgan fingerprint density at radius 1 is 1.38 bits per heavy atom. The normalized spacial score (nSPS) is 13.3. The number of nitrogen functional groups attached to an aromatic ring is 1. The van der Waals surface area contributed by atoms with Gasteiger partial charge >= 0.3 is 0 Å². The van der Waals surface area contributed by atoms with Crippen molar-refractivity contribution in [2.45, 2.75) is 38.3 Å². The quantitative estimate of drug-likeness (QED) is 0.818. The highest BCUT2D eigenvalue weighted by Crippen LogP contribution is 2.24. The molecule has 0 spiro atoms. The van der Waals surface area contributed by atoms with Crippen molar-refractivity contribution in [2.24, 2.45) is 0 Å². The van der Waals surface area contributed by atoms with Crippen LogP contribution in [0.3, 0.4) is 0 Å². The Kier molecular flexibility index (Phi) is 4.34. The molecule has 0 radical (unpaired) electrons. The van der Waals surface area contributed by atoms with E-state index < -0.39 is 10.0 Å². The van der Waals surface area contributed by atoms with E-state index in [9.17, 15) is 8.42 Å². The van der Waals surface area contributed by atoms with Gasteiger partial charge in [-0.25, -0.2) is 13.1 Å². The minimum absolute atomic E-state index is 0.259. The van der Waals surface area contributed by atoms with Crippen LogP contribution in [0.4, 0.5) is 5.69 Å². The second kappa shape index (κ2) is 5.87. The number of aryl methyl sites for hydroxylation is 1. The molecule has 1 atom stereocenters. The van der Waals surface area contributed by atoms with Gasteiger partial charge in [-0.3, -0.25) is 4.68 Å². The molecule has 1 heterocycles. The first-order valence-electron chi connectivity index (χ1n) is 6.66. The summed E-state index contributed by atoms with van der Waals surface area (Å²) in [6.45, 7) is 5.75. The van der Waals surface area contributed by atoms with Gasteiger partial charge in [0.25, 0.3) is 0 Å². The fourth-order valence-corrected chi connectivity index (χ4v) is 4.04. The first-order chi connectivity index (χ1) is 9.81. The lowest BCUT2D eigenvalue weighted by atomic mass is 10.1. The van der Waals surface area contributed by atoms with E-state index >= 15 is 0 Å². The Morgan fingerprint density at radius 3 is 2.71 bits per heavy atom. The van der Waals surface area contributed by atoms with Crippen LogP contribution in [0.15, 0.2) is 35.5 Å². The van der Waals surface area contributed by atoms with Gasteiger partial charge in [-0.2, -0.15) is 5.10 Å². The molecule has 114 valence electrons. The summed E-state index contributed by atoms with van der Waals surface area (Å²) in [7, 11) is -3.62. The minimum atomic E-state index is -3.62. The number of nitrogens with zero attached hydrogens (tertiary/aromatic N) is 2. The summed E-state index contributed by atoms with van der Waals surface area (Å²) >= 11 is 0. The second-order valence-electron chi connectivity index (χ2n) is 5.18. The van der Waals surface area contributed by atoms with Gasteiger partial charge in [0.15, 0.2) is 0 Å². The Hall–Kier alpha value is -1.86. The fourth-order valence-electron chi connectivity index (χ4n) is 2.31. The van der Waals surface area contributed by atoms with Gasteiger partial charge in [-0.05, 0) is 44.0 Å². The van der Waals surface area contributed by atoms with Crippen LogP contribution in [0.5, 0.6) is 0 Å². The molecule has 0 aliphatic rings. The lowest BCUT2D eigenvalue weighted by Gasteiger charge is -2.17. The first-order valence-corrected chi connectivity index (χ1v) is 8.15. The molecule has 2 aromatic rings. The van der Waals surface area contributed by atoms with E-state index in [1.807, 2.05) is 0 Å². The molecule has 2 rings (SSSR count). The SMILES string of the molecule is Cc1ccc(N)c(C)c1S(=O)(=O)NC(C)Cn1cccn1. The maximum Gasteiger partial charge on any atom is 0.241 e. The zero-order chi connectivity index (χ0) is 15.6. The smallest absolute Gasteiger partial charge is 0.241 e. The van der Waals surface area contributed by atoms with Crippen molar-refractivity contribution in [1.82, 2.24) is 14.5 Å². The zero-order valence-electron chi connectivity index (χ0n) is 12.4. The highest BCUT2D eigenvalue weighted by Gasteiger charge is 2.23. The van der Waals surface area contributed by atoms with Gasteiger partial charge in [0.05, 0.1) is 11.4 Å².